The van der Waals surface area contributed by atoms with Crippen molar-refractivity contribution in [3.8, 4) is 0 Å². The van der Waals surface area contributed by atoms with Crippen LogP contribution in [0.25, 0.3) is 10.9 Å². The molecule has 0 bridgehead atoms. The van der Waals surface area contributed by atoms with Crippen LogP contribution in [-0.4, -0.2) is 46.9 Å². The van der Waals surface area contributed by atoms with Crippen molar-refractivity contribution in [3.63, 3.8) is 0 Å². The molecule has 3 aromatic rings. The minimum Gasteiger partial charge on any atom is -0.368 e. The average molecular weight is 546 g/mol. The first kappa shape index (κ1) is 24.8. The zero-order chi connectivity index (χ0) is 27.6. The molecule has 1 aromatic heterocycles. The highest BCUT2D eigenvalue weighted by molar-refractivity contribution is 5.94. The van der Waals surface area contributed by atoms with Gasteiger partial charge < -0.3 is 20.9 Å². The third-order valence-electron chi connectivity index (χ3n) is 10.1. The van der Waals surface area contributed by atoms with Crippen molar-refractivity contribution < 1.29 is 9.59 Å². The zero-order valence-corrected chi connectivity index (χ0v) is 23.2. The topological polar surface area (TPSA) is 86.4 Å². The number of carbonyl (C=O) groups is 2. The molecule has 4 heterocycles. The first-order valence-corrected chi connectivity index (χ1v) is 15.0. The highest BCUT2D eigenvalue weighted by atomic mass is 16.2. The summed E-state index contributed by atoms with van der Waals surface area (Å²) >= 11 is 0. The van der Waals surface area contributed by atoms with E-state index in [0.29, 0.717) is 25.9 Å². The standard InChI is InChI=1S/C34H35N5O2/c40-31-33(28-9-6-12-35-30(28)38-31)16-25-14-24-13-22(18-36-29(24)15-26(25)17-33)20-39-21-27(23-7-2-1-3-8-23)19-37-34(32(39)41)10-4-5-11-34/h1-3,6-9,13-15,18,27,35,37H,4-5,10-12,16-17,19-21H2,(H,38,40)/t27?,33-/m0/s1. The summed E-state index contributed by atoms with van der Waals surface area (Å²) in [6.45, 7) is 2.79. The van der Waals surface area contributed by atoms with E-state index in [2.05, 4.69) is 75.5 Å². The Hall–Kier alpha value is -3.97. The fourth-order valence-electron chi connectivity index (χ4n) is 7.96. The predicted molar refractivity (Wildman–Crippen MR) is 158 cm³/mol. The largest absolute Gasteiger partial charge is 0.368 e. The predicted octanol–water partition coefficient (Wildman–Crippen LogP) is 3.85. The maximum atomic E-state index is 14.0. The molecular formula is C34H35N5O2. The SMILES string of the molecule is O=C1N(Cc2cnc3cc4c(cc3c2)C[C@@]2(C4)C(=O)NC3=C2C=CCN3)CC(c2ccccc2)CNC12CCCC2. The number of carbonyl (C=O) groups excluding carboxylic acids is 2. The molecule has 1 unspecified atom stereocenters. The number of hydrogen-bond acceptors (Lipinski definition) is 5. The van der Waals surface area contributed by atoms with Crippen LogP contribution < -0.4 is 16.0 Å². The van der Waals surface area contributed by atoms with E-state index in [9.17, 15) is 9.59 Å². The molecule has 2 aromatic carbocycles. The van der Waals surface area contributed by atoms with Gasteiger partial charge in [0, 0.05) is 49.3 Å². The molecule has 3 N–H and O–H groups in total. The Balaban J connectivity index is 1.10. The molecule has 3 aliphatic heterocycles. The monoisotopic (exact) mass is 545 g/mol. The Morgan fingerprint density at radius 3 is 2.63 bits per heavy atom. The van der Waals surface area contributed by atoms with Gasteiger partial charge in [-0.05, 0) is 66.1 Å². The number of dihydropyridines is 1. The number of aromatic nitrogens is 1. The maximum Gasteiger partial charge on any atom is 0.243 e. The molecule has 7 nitrogen and oxygen atoms in total. The summed E-state index contributed by atoms with van der Waals surface area (Å²) < 4.78 is 0. The second kappa shape index (κ2) is 9.28. The van der Waals surface area contributed by atoms with Crippen molar-refractivity contribution in [2.24, 2.45) is 5.41 Å². The van der Waals surface area contributed by atoms with Crippen LogP contribution in [0, 0.1) is 5.41 Å². The van der Waals surface area contributed by atoms with Gasteiger partial charge in [-0.2, -0.15) is 0 Å². The summed E-state index contributed by atoms with van der Waals surface area (Å²) in [7, 11) is 0. The quantitative estimate of drug-likeness (QED) is 0.466. The van der Waals surface area contributed by atoms with E-state index >= 15 is 0 Å². The molecule has 41 heavy (non-hydrogen) atoms. The number of benzene rings is 2. The van der Waals surface area contributed by atoms with Gasteiger partial charge in [-0.25, -0.2) is 0 Å². The molecule has 7 heteroatoms. The Bertz CT molecular complexity index is 1640. The van der Waals surface area contributed by atoms with E-state index in [1.54, 1.807) is 0 Å². The smallest absolute Gasteiger partial charge is 0.243 e. The lowest BCUT2D eigenvalue weighted by Crippen LogP contribution is -2.54. The van der Waals surface area contributed by atoms with E-state index < -0.39 is 11.0 Å². The summed E-state index contributed by atoms with van der Waals surface area (Å²) in [6.07, 6.45) is 11.5. The number of rotatable bonds is 3. The number of nitrogens with one attached hydrogen (secondary N) is 3. The second-order valence-corrected chi connectivity index (χ2v) is 12.6. The molecule has 0 radical (unpaired) electrons. The molecule has 1 saturated carbocycles. The molecule has 8 rings (SSSR count). The summed E-state index contributed by atoms with van der Waals surface area (Å²) in [5.74, 6) is 1.42. The van der Waals surface area contributed by atoms with E-state index in [-0.39, 0.29) is 17.7 Å². The Morgan fingerprint density at radius 1 is 1.00 bits per heavy atom. The second-order valence-electron chi connectivity index (χ2n) is 12.6. The van der Waals surface area contributed by atoms with Gasteiger partial charge in [0.05, 0.1) is 16.5 Å². The highest BCUT2D eigenvalue weighted by Gasteiger charge is 2.52. The molecule has 2 atom stereocenters. The Labute approximate surface area is 240 Å². The van der Waals surface area contributed by atoms with Crippen LogP contribution in [0.4, 0.5) is 0 Å². The van der Waals surface area contributed by atoms with Crippen LogP contribution in [0.2, 0.25) is 0 Å². The summed E-state index contributed by atoms with van der Waals surface area (Å²) in [4.78, 5) is 34.2. The van der Waals surface area contributed by atoms with Crippen molar-refractivity contribution >= 4 is 22.7 Å². The highest BCUT2D eigenvalue weighted by Crippen LogP contribution is 2.48. The molecule has 2 amide bonds. The van der Waals surface area contributed by atoms with Gasteiger partial charge in [0.2, 0.25) is 11.8 Å². The minimum atomic E-state index is -0.546. The van der Waals surface area contributed by atoms with Crippen molar-refractivity contribution in [2.75, 3.05) is 19.6 Å². The van der Waals surface area contributed by atoms with Crippen molar-refractivity contribution in [1.82, 2.24) is 25.8 Å². The number of nitrogens with zero attached hydrogens (tertiary/aromatic N) is 2. The van der Waals surface area contributed by atoms with Crippen molar-refractivity contribution in [2.45, 2.75) is 56.5 Å². The van der Waals surface area contributed by atoms with Crippen LogP contribution in [-0.2, 0) is 29.0 Å². The normalized spacial score (nSPS) is 26.4. The van der Waals surface area contributed by atoms with Crippen molar-refractivity contribution in [3.05, 3.63) is 101 Å². The van der Waals surface area contributed by atoms with Crippen LogP contribution in [0.15, 0.2) is 78.3 Å². The van der Waals surface area contributed by atoms with Gasteiger partial charge in [0.15, 0.2) is 0 Å². The van der Waals surface area contributed by atoms with E-state index in [1.165, 1.54) is 16.7 Å². The number of pyridine rings is 1. The summed E-state index contributed by atoms with van der Waals surface area (Å²) in [5, 5.41) is 11.2. The number of fused-ring (bicyclic) bond motifs is 3. The zero-order valence-electron chi connectivity index (χ0n) is 23.2. The molecule has 2 spiro atoms. The number of amides is 2. The Morgan fingerprint density at radius 2 is 1.80 bits per heavy atom. The van der Waals surface area contributed by atoms with Gasteiger partial charge >= 0.3 is 0 Å². The first-order valence-electron chi connectivity index (χ1n) is 15.0. The first-order chi connectivity index (χ1) is 20.0. The lowest BCUT2D eigenvalue weighted by molar-refractivity contribution is -0.138. The molecular weight excluding hydrogens is 510 g/mol. The average Bonchev–Trinajstić information content (AvgIpc) is 3.67. The minimum absolute atomic E-state index is 0.0811. The number of hydrogen-bond donors (Lipinski definition) is 3. The Kier molecular flexibility index (Phi) is 5.61. The van der Waals surface area contributed by atoms with Crippen LogP contribution in [0.3, 0.4) is 0 Å². The van der Waals surface area contributed by atoms with Gasteiger partial charge in [0.25, 0.3) is 0 Å². The van der Waals surface area contributed by atoms with E-state index in [4.69, 9.17) is 4.98 Å². The van der Waals surface area contributed by atoms with Gasteiger partial charge in [-0.3, -0.25) is 14.6 Å². The molecule has 208 valence electrons. The number of allylic oxidation sites excluding steroid dienone is 1. The van der Waals surface area contributed by atoms with Gasteiger partial charge in [-0.15, -0.1) is 0 Å². The fourth-order valence-corrected chi connectivity index (χ4v) is 7.96. The molecule has 2 fully saturated rings. The van der Waals surface area contributed by atoms with E-state index in [0.717, 1.165) is 66.6 Å². The molecule has 2 aliphatic carbocycles. The van der Waals surface area contributed by atoms with Crippen LogP contribution in [0.5, 0.6) is 0 Å². The van der Waals surface area contributed by atoms with Gasteiger partial charge in [0.1, 0.15) is 5.82 Å². The van der Waals surface area contributed by atoms with E-state index in [1.807, 2.05) is 12.3 Å². The lowest BCUT2D eigenvalue weighted by atomic mass is 9.78. The third kappa shape index (κ3) is 3.93. The van der Waals surface area contributed by atoms with Gasteiger partial charge in [-0.1, -0.05) is 55.3 Å². The molecule has 1 saturated heterocycles. The third-order valence-corrected chi connectivity index (χ3v) is 10.1. The summed E-state index contributed by atoms with van der Waals surface area (Å²) in [6, 6.07) is 17.1. The molecule has 5 aliphatic rings. The lowest BCUT2D eigenvalue weighted by Gasteiger charge is -2.32. The summed E-state index contributed by atoms with van der Waals surface area (Å²) in [5.41, 5.74) is 5.74. The maximum absolute atomic E-state index is 14.0. The van der Waals surface area contributed by atoms with Crippen LogP contribution >= 0.6 is 0 Å². The fraction of sp³-hybridized carbons (Fsp3) is 0.382. The van der Waals surface area contributed by atoms with Crippen LogP contribution in [0.1, 0.15) is 53.9 Å². The van der Waals surface area contributed by atoms with Crippen molar-refractivity contribution in [1.29, 1.82) is 0 Å².